The van der Waals surface area contributed by atoms with Gasteiger partial charge in [-0.15, -0.1) is 0 Å². The lowest BCUT2D eigenvalue weighted by Crippen LogP contribution is -2.26. The Bertz CT molecular complexity index is 1180. The molecule has 0 saturated heterocycles. The molecular weight excluding hydrogens is 374 g/mol. The summed E-state index contributed by atoms with van der Waals surface area (Å²) >= 11 is 0. The van der Waals surface area contributed by atoms with E-state index in [1.54, 1.807) is 24.4 Å². The van der Waals surface area contributed by atoms with Gasteiger partial charge in [0.1, 0.15) is 11.4 Å². The SMILES string of the molecule is CC(C)(C)c1cc(-c2nc(CCNC(=O)c3ccccn3)cc3ccccc23)n[nH]1. The van der Waals surface area contributed by atoms with Gasteiger partial charge in [0.15, 0.2) is 0 Å². The Morgan fingerprint density at radius 2 is 1.87 bits per heavy atom. The van der Waals surface area contributed by atoms with Crippen LogP contribution in [0.25, 0.3) is 22.2 Å². The zero-order chi connectivity index (χ0) is 21.1. The van der Waals surface area contributed by atoms with E-state index in [4.69, 9.17) is 4.98 Å². The Hall–Kier alpha value is -3.54. The van der Waals surface area contributed by atoms with Crippen molar-refractivity contribution in [1.82, 2.24) is 25.5 Å². The summed E-state index contributed by atoms with van der Waals surface area (Å²) in [7, 11) is 0. The third-order valence-corrected chi connectivity index (χ3v) is 4.99. The van der Waals surface area contributed by atoms with Gasteiger partial charge in [0.05, 0.1) is 5.69 Å². The molecule has 4 rings (SSSR count). The number of hydrogen-bond acceptors (Lipinski definition) is 4. The van der Waals surface area contributed by atoms with E-state index in [0.29, 0.717) is 18.7 Å². The van der Waals surface area contributed by atoms with Crippen molar-refractivity contribution in [2.45, 2.75) is 32.6 Å². The topological polar surface area (TPSA) is 83.6 Å². The molecule has 2 N–H and O–H groups in total. The summed E-state index contributed by atoms with van der Waals surface area (Å²) in [6, 6.07) is 17.6. The summed E-state index contributed by atoms with van der Waals surface area (Å²) in [6.07, 6.45) is 2.23. The highest BCUT2D eigenvalue weighted by Crippen LogP contribution is 2.29. The minimum Gasteiger partial charge on any atom is -0.350 e. The van der Waals surface area contributed by atoms with Crippen LogP contribution < -0.4 is 5.32 Å². The fourth-order valence-corrected chi connectivity index (χ4v) is 3.30. The van der Waals surface area contributed by atoms with Crippen molar-refractivity contribution < 1.29 is 4.79 Å². The van der Waals surface area contributed by atoms with Crippen LogP contribution in [0.15, 0.2) is 60.8 Å². The molecule has 4 aromatic rings. The van der Waals surface area contributed by atoms with Crippen LogP contribution in [-0.4, -0.2) is 32.6 Å². The largest absolute Gasteiger partial charge is 0.350 e. The van der Waals surface area contributed by atoms with Crippen molar-refractivity contribution in [3.05, 3.63) is 77.9 Å². The molecule has 0 spiro atoms. The fraction of sp³-hybridized carbons (Fsp3) is 0.250. The van der Waals surface area contributed by atoms with Gasteiger partial charge in [-0.1, -0.05) is 51.1 Å². The second kappa shape index (κ2) is 8.06. The van der Waals surface area contributed by atoms with Crippen LogP contribution in [0.2, 0.25) is 0 Å². The average molecular weight is 399 g/mol. The maximum Gasteiger partial charge on any atom is 0.269 e. The Labute approximate surface area is 175 Å². The van der Waals surface area contributed by atoms with Gasteiger partial charge >= 0.3 is 0 Å². The van der Waals surface area contributed by atoms with Crippen LogP contribution in [0.4, 0.5) is 0 Å². The maximum atomic E-state index is 12.2. The van der Waals surface area contributed by atoms with E-state index in [1.807, 2.05) is 12.1 Å². The standard InChI is InChI=1S/C24H25N5O/c1-24(2,3)21-15-20(28-29-21)22-18-9-5-4-8-16(18)14-17(27-22)11-13-26-23(30)19-10-6-7-12-25-19/h4-10,12,14-15H,11,13H2,1-3H3,(H,26,30)(H,28,29). The van der Waals surface area contributed by atoms with Crippen LogP contribution in [0.3, 0.4) is 0 Å². The van der Waals surface area contributed by atoms with Gasteiger partial charge in [0.2, 0.25) is 0 Å². The molecule has 0 atom stereocenters. The van der Waals surface area contributed by atoms with Crippen molar-refractivity contribution >= 4 is 16.7 Å². The second-order valence-corrected chi connectivity index (χ2v) is 8.32. The van der Waals surface area contributed by atoms with Crippen LogP contribution in [0, 0.1) is 0 Å². The molecular formula is C24H25N5O. The number of amides is 1. The number of hydrogen-bond donors (Lipinski definition) is 2. The van der Waals surface area contributed by atoms with E-state index < -0.39 is 0 Å². The van der Waals surface area contributed by atoms with Gasteiger partial charge in [0, 0.05) is 41.4 Å². The highest BCUT2D eigenvalue weighted by atomic mass is 16.1. The van der Waals surface area contributed by atoms with Gasteiger partial charge in [-0.05, 0) is 29.7 Å². The number of rotatable bonds is 5. The Morgan fingerprint density at radius 3 is 2.60 bits per heavy atom. The molecule has 0 aliphatic carbocycles. The van der Waals surface area contributed by atoms with Crippen LogP contribution in [-0.2, 0) is 11.8 Å². The number of carbonyl (C=O) groups is 1. The fourth-order valence-electron chi connectivity index (χ4n) is 3.30. The quantitative estimate of drug-likeness (QED) is 0.524. The molecule has 0 aliphatic rings. The first-order valence-corrected chi connectivity index (χ1v) is 10.1. The highest BCUT2D eigenvalue weighted by Gasteiger charge is 2.19. The molecule has 6 nitrogen and oxygen atoms in total. The molecule has 1 amide bonds. The predicted octanol–water partition coefficient (Wildman–Crippen LogP) is 4.29. The van der Waals surface area contributed by atoms with Crippen molar-refractivity contribution in [3.8, 4) is 11.4 Å². The van der Waals surface area contributed by atoms with Crippen molar-refractivity contribution in [3.63, 3.8) is 0 Å². The summed E-state index contributed by atoms with van der Waals surface area (Å²) in [5.41, 5.74) is 4.05. The van der Waals surface area contributed by atoms with Gasteiger partial charge < -0.3 is 5.32 Å². The van der Waals surface area contributed by atoms with E-state index in [1.165, 1.54) is 0 Å². The third kappa shape index (κ3) is 4.22. The van der Waals surface area contributed by atoms with Gasteiger partial charge in [-0.2, -0.15) is 5.10 Å². The number of H-pyrrole nitrogens is 1. The maximum absolute atomic E-state index is 12.2. The van der Waals surface area contributed by atoms with Crippen molar-refractivity contribution in [1.29, 1.82) is 0 Å². The zero-order valence-electron chi connectivity index (χ0n) is 17.4. The molecule has 0 saturated carbocycles. The molecule has 3 aromatic heterocycles. The number of nitrogens with one attached hydrogen (secondary N) is 2. The van der Waals surface area contributed by atoms with E-state index in [9.17, 15) is 4.79 Å². The zero-order valence-corrected chi connectivity index (χ0v) is 17.4. The van der Waals surface area contributed by atoms with Crippen LogP contribution in [0.5, 0.6) is 0 Å². The molecule has 3 heterocycles. The van der Waals surface area contributed by atoms with Crippen molar-refractivity contribution in [2.75, 3.05) is 6.54 Å². The number of carbonyl (C=O) groups excluding carboxylic acids is 1. The lowest BCUT2D eigenvalue weighted by molar-refractivity contribution is 0.0949. The van der Waals surface area contributed by atoms with Crippen molar-refractivity contribution in [2.24, 2.45) is 0 Å². The number of fused-ring (bicyclic) bond motifs is 1. The lowest BCUT2D eigenvalue weighted by Gasteiger charge is -2.14. The average Bonchev–Trinajstić information content (AvgIpc) is 3.24. The first kappa shape index (κ1) is 19.8. The Morgan fingerprint density at radius 1 is 1.07 bits per heavy atom. The predicted molar refractivity (Wildman–Crippen MR) is 118 cm³/mol. The van der Waals surface area contributed by atoms with Gasteiger partial charge in [-0.25, -0.2) is 0 Å². The molecule has 0 aliphatic heterocycles. The third-order valence-electron chi connectivity index (χ3n) is 4.99. The van der Waals surface area contributed by atoms with E-state index >= 15 is 0 Å². The smallest absolute Gasteiger partial charge is 0.269 e. The molecule has 152 valence electrons. The monoisotopic (exact) mass is 399 g/mol. The molecule has 1 aromatic carbocycles. The highest BCUT2D eigenvalue weighted by molar-refractivity contribution is 5.94. The minimum atomic E-state index is -0.182. The van der Waals surface area contributed by atoms with Crippen LogP contribution >= 0.6 is 0 Å². The molecule has 0 bridgehead atoms. The number of aromatic nitrogens is 4. The normalized spacial score (nSPS) is 11.6. The summed E-state index contributed by atoms with van der Waals surface area (Å²) in [5, 5.41) is 12.8. The first-order chi connectivity index (χ1) is 14.4. The summed E-state index contributed by atoms with van der Waals surface area (Å²) in [4.78, 5) is 21.2. The molecule has 6 heteroatoms. The van der Waals surface area contributed by atoms with E-state index in [-0.39, 0.29) is 11.3 Å². The van der Waals surface area contributed by atoms with E-state index in [0.717, 1.165) is 33.5 Å². The molecule has 0 fully saturated rings. The number of benzene rings is 1. The lowest BCUT2D eigenvalue weighted by atomic mass is 9.92. The molecule has 0 radical (unpaired) electrons. The molecule has 0 unspecified atom stereocenters. The minimum absolute atomic E-state index is 0.0194. The summed E-state index contributed by atoms with van der Waals surface area (Å²) < 4.78 is 0. The first-order valence-electron chi connectivity index (χ1n) is 10.1. The second-order valence-electron chi connectivity index (χ2n) is 8.32. The van der Waals surface area contributed by atoms with Gasteiger partial charge in [0.25, 0.3) is 5.91 Å². The number of pyridine rings is 2. The molecule has 30 heavy (non-hydrogen) atoms. The number of aromatic amines is 1. The Kier molecular flexibility index (Phi) is 5.31. The summed E-state index contributed by atoms with van der Waals surface area (Å²) in [6.45, 7) is 6.93. The number of nitrogens with zero attached hydrogens (tertiary/aromatic N) is 3. The van der Waals surface area contributed by atoms with Gasteiger partial charge in [-0.3, -0.25) is 19.9 Å². The Balaban J connectivity index is 1.59. The summed E-state index contributed by atoms with van der Waals surface area (Å²) in [5.74, 6) is -0.182. The van der Waals surface area contributed by atoms with E-state index in [2.05, 4.69) is 65.5 Å². The van der Waals surface area contributed by atoms with Crippen LogP contribution in [0.1, 0.15) is 42.6 Å².